The number of methoxy groups -OCH3 is 1. The van der Waals surface area contributed by atoms with Crippen LogP contribution in [0.25, 0.3) is 10.9 Å². The highest BCUT2D eigenvalue weighted by Gasteiger charge is 2.44. The first-order valence-corrected chi connectivity index (χ1v) is 10.2. The molecule has 8 heteroatoms. The number of aromatic nitrogens is 1. The van der Waals surface area contributed by atoms with Crippen LogP contribution in [-0.2, 0) is 11.8 Å². The first-order chi connectivity index (χ1) is 15.0. The van der Waals surface area contributed by atoms with Gasteiger partial charge >= 0.3 is 0 Å². The van der Waals surface area contributed by atoms with Crippen LogP contribution in [0.2, 0.25) is 0 Å². The normalized spacial score (nSPS) is 13.9. The van der Waals surface area contributed by atoms with Crippen LogP contribution in [0.5, 0.6) is 5.75 Å². The van der Waals surface area contributed by atoms with Gasteiger partial charge in [0.1, 0.15) is 17.2 Å². The van der Waals surface area contributed by atoms with Crippen molar-refractivity contribution in [1.29, 1.82) is 0 Å². The largest absolute Gasteiger partial charge is 0.496 e. The Hall–Kier alpha value is -3.00. The number of hydrogen-bond donors (Lipinski definition) is 3. The average molecular weight is 448 g/mol. The average Bonchev–Trinajstić information content (AvgIpc) is 3.13. The van der Waals surface area contributed by atoms with Crippen molar-refractivity contribution >= 4 is 16.8 Å². The van der Waals surface area contributed by atoms with Gasteiger partial charge in [-0.25, -0.2) is 13.2 Å². The molecule has 5 nitrogen and oxygen atoms in total. The smallest absolute Gasteiger partial charge is 0.267 e. The van der Waals surface area contributed by atoms with Crippen LogP contribution in [0.4, 0.5) is 13.2 Å². The fourth-order valence-electron chi connectivity index (χ4n) is 4.19. The van der Waals surface area contributed by atoms with E-state index in [1.165, 1.54) is 32.4 Å². The molecule has 0 aliphatic heterocycles. The van der Waals surface area contributed by atoms with Crippen molar-refractivity contribution in [3.63, 3.8) is 0 Å². The molecule has 0 fully saturated rings. The van der Waals surface area contributed by atoms with Crippen molar-refractivity contribution < 1.29 is 27.8 Å². The zero-order valence-corrected chi connectivity index (χ0v) is 18.4. The van der Waals surface area contributed by atoms with Crippen LogP contribution in [0.15, 0.2) is 42.5 Å². The molecule has 32 heavy (non-hydrogen) atoms. The summed E-state index contributed by atoms with van der Waals surface area (Å²) in [6, 6.07) is 10.5. The number of carbonyl (C=O) groups excluding carboxylic acids is 1. The summed E-state index contributed by atoms with van der Waals surface area (Å²) in [6.07, 6.45) is -3.74. The summed E-state index contributed by atoms with van der Waals surface area (Å²) < 4.78 is 47.4. The van der Waals surface area contributed by atoms with E-state index in [1.54, 1.807) is 38.1 Å². The Labute approximate surface area is 184 Å². The fraction of sp³-hybridized carbons (Fsp3) is 0.375. The van der Waals surface area contributed by atoms with Crippen LogP contribution in [-0.4, -0.2) is 42.2 Å². The Morgan fingerprint density at radius 2 is 1.91 bits per heavy atom. The highest BCUT2D eigenvalue weighted by molar-refractivity contribution is 5.98. The van der Waals surface area contributed by atoms with Crippen LogP contribution < -0.4 is 10.1 Å². The second-order valence-corrected chi connectivity index (χ2v) is 8.66. The lowest BCUT2D eigenvalue weighted by atomic mass is 9.73. The third-order valence-electron chi connectivity index (χ3n) is 5.71. The maximum Gasteiger partial charge on any atom is 0.267 e. The SMILES string of the molecule is CNC(=O)c1ccc2[nH]c(CC(O)(CC(C)(C)c3cc(F)ccc3OC)C(F)F)cc2c1. The molecule has 0 spiro atoms. The van der Waals surface area contributed by atoms with Crippen LogP contribution in [0.3, 0.4) is 0 Å². The molecule has 172 valence electrons. The number of fused-ring (bicyclic) bond motifs is 1. The number of carbonyl (C=O) groups is 1. The van der Waals surface area contributed by atoms with E-state index in [2.05, 4.69) is 10.3 Å². The van der Waals surface area contributed by atoms with E-state index in [0.29, 0.717) is 33.5 Å². The van der Waals surface area contributed by atoms with Crippen LogP contribution in [0.1, 0.15) is 41.9 Å². The number of aliphatic hydroxyl groups is 1. The van der Waals surface area contributed by atoms with Gasteiger partial charge < -0.3 is 20.1 Å². The molecule has 3 N–H and O–H groups in total. The summed E-state index contributed by atoms with van der Waals surface area (Å²) in [5.74, 6) is -0.415. The lowest BCUT2D eigenvalue weighted by Gasteiger charge is -2.36. The Morgan fingerprint density at radius 3 is 2.53 bits per heavy atom. The molecule has 2 aromatic carbocycles. The van der Waals surface area contributed by atoms with E-state index in [9.17, 15) is 23.1 Å². The number of nitrogens with one attached hydrogen (secondary N) is 2. The molecule has 1 unspecified atom stereocenters. The fourth-order valence-corrected chi connectivity index (χ4v) is 4.19. The number of hydrogen-bond acceptors (Lipinski definition) is 3. The quantitative estimate of drug-likeness (QED) is 0.472. The predicted octanol–water partition coefficient (Wildman–Crippen LogP) is 4.58. The summed E-state index contributed by atoms with van der Waals surface area (Å²) in [6.45, 7) is 3.33. The molecule has 3 rings (SSSR count). The zero-order chi connectivity index (χ0) is 23.7. The van der Waals surface area contributed by atoms with Crippen LogP contribution >= 0.6 is 0 Å². The van der Waals surface area contributed by atoms with Gasteiger partial charge in [-0.15, -0.1) is 0 Å². The number of aromatic amines is 1. The van der Waals surface area contributed by atoms with E-state index in [4.69, 9.17) is 4.74 Å². The summed E-state index contributed by atoms with van der Waals surface area (Å²) in [4.78, 5) is 14.9. The van der Waals surface area contributed by atoms with Crippen molar-refractivity contribution in [2.24, 2.45) is 0 Å². The van der Waals surface area contributed by atoms with Crippen molar-refractivity contribution in [2.75, 3.05) is 14.2 Å². The molecular formula is C24H27F3N2O3. The molecule has 0 radical (unpaired) electrons. The number of halogens is 3. The maximum absolute atomic E-state index is 14.1. The number of H-pyrrole nitrogens is 1. The minimum atomic E-state index is -3.05. The third-order valence-corrected chi connectivity index (χ3v) is 5.71. The number of benzene rings is 2. The number of ether oxygens (including phenoxy) is 1. The second-order valence-electron chi connectivity index (χ2n) is 8.66. The maximum atomic E-state index is 14.1. The molecular weight excluding hydrogens is 421 g/mol. The lowest BCUT2D eigenvalue weighted by Crippen LogP contribution is -2.45. The molecule has 3 aromatic rings. The number of alkyl halides is 2. The van der Waals surface area contributed by atoms with E-state index in [1.807, 2.05) is 0 Å². The standard InChI is InChI=1S/C24H27F3N2O3/c1-23(2,18-11-16(25)6-8-20(18)32-4)13-24(31,22(26)27)12-17-10-15-9-14(21(30)28-3)5-7-19(15)29-17/h5-11,22,29,31H,12-13H2,1-4H3,(H,28,30). The van der Waals surface area contributed by atoms with E-state index < -0.39 is 23.3 Å². The van der Waals surface area contributed by atoms with Gasteiger partial charge in [0.25, 0.3) is 12.3 Å². The molecule has 1 aromatic heterocycles. The van der Waals surface area contributed by atoms with E-state index in [-0.39, 0.29) is 18.7 Å². The minimum absolute atomic E-state index is 0.260. The summed E-state index contributed by atoms with van der Waals surface area (Å²) in [7, 11) is 2.94. The topological polar surface area (TPSA) is 74.4 Å². The van der Waals surface area contributed by atoms with Gasteiger partial charge in [-0.05, 0) is 54.3 Å². The van der Waals surface area contributed by atoms with Crippen molar-refractivity contribution in [3.8, 4) is 5.75 Å². The van der Waals surface area contributed by atoms with Gasteiger partial charge in [0.05, 0.1) is 7.11 Å². The van der Waals surface area contributed by atoms with Gasteiger partial charge in [-0.1, -0.05) is 13.8 Å². The Kier molecular flexibility index (Phi) is 6.55. The Bertz CT molecular complexity index is 1130. The molecule has 0 saturated carbocycles. The Morgan fingerprint density at radius 1 is 1.19 bits per heavy atom. The summed E-state index contributed by atoms with van der Waals surface area (Å²) in [5.41, 5.74) is -1.50. The first kappa shape index (κ1) is 23.7. The highest BCUT2D eigenvalue weighted by Crippen LogP contribution is 2.41. The highest BCUT2D eigenvalue weighted by atomic mass is 19.3. The molecule has 0 saturated heterocycles. The van der Waals surface area contributed by atoms with Crippen molar-refractivity contribution in [3.05, 3.63) is 65.1 Å². The zero-order valence-electron chi connectivity index (χ0n) is 18.4. The van der Waals surface area contributed by atoms with Gasteiger partial charge in [0, 0.05) is 41.2 Å². The molecule has 1 heterocycles. The Balaban J connectivity index is 1.93. The monoisotopic (exact) mass is 448 g/mol. The molecule has 0 aliphatic carbocycles. The number of amides is 1. The van der Waals surface area contributed by atoms with E-state index >= 15 is 0 Å². The first-order valence-electron chi connectivity index (χ1n) is 10.2. The summed E-state index contributed by atoms with van der Waals surface area (Å²) >= 11 is 0. The molecule has 0 bridgehead atoms. The molecule has 1 amide bonds. The lowest BCUT2D eigenvalue weighted by molar-refractivity contribution is -0.110. The second kappa shape index (κ2) is 8.86. The van der Waals surface area contributed by atoms with Crippen LogP contribution in [0, 0.1) is 5.82 Å². The van der Waals surface area contributed by atoms with E-state index in [0.717, 1.165) is 0 Å². The van der Waals surface area contributed by atoms with Crippen molar-refractivity contribution in [2.45, 2.75) is 44.1 Å². The number of rotatable bonds is 8. The molecule has 0 aliphatic rings. The summed E-state index contributed by atoms with van der Waals surface area (Å²) in [5, 5.41) is 14.2. The van der Waals surface area contributed by atoms with Gasteiger partial charge in [-0.3, -0.25) is 4.79 Å². The van der Waals surface area contributed by atoms with Gasteiger partial charge in [-0.2, -0.15) is 0 Å². The van der Waals surface area contributed by atoms with Crippen molar-refractivity contribution in [1.82, 2.24) is 10.3 Å². The van der Waals surface area contributed by atoms with Gasteiger partial charge in [0.2, 0.25) is 0 Å². The molecule has 1 atom stereocenters. The predicted molar refractivity (Wildman–Crippen MR) is 117 cm³/mol. The van der Waals surface area contributed by atoms with Gasteiger partial charge in [0.15, 0.2) is 0 Å². The third kappa shape index (κ3) is 4.75. The minimum Gasteiger partial charge on any atom is -0.496 e.